The quantitative estimate of drug-likeness (QED) is 0.584. The molecule has 13 heavy (non-hydrogen) atoms. The zero-order valence-corrected chi connectivity index (χ0v) is 8.76. The highest BCUT2D eigenvalue weighted by Gasteiger charge is 2.20. The number of rotatable bonds is 6. The highest BCUT2D eigenvalue weighted by molar-refractivity contribution is 4.75. The molecule has 0 aliphatic carbocycles. The zero-order chi connectivity index (χ0) is 9.52. The SMILES string of the molecule is CCNCCC1CCN(CCN)C1. The van der Waals surface area contributed by atoms with E-state index in [-0.39, 0.29) is 0 Å². The number of hydrogen-bond donors (Lipinski definition) is 2. The second kappa shape index (κ2) is 6.35. The number of hydrogen-bond acceptors (Lipinski definition) is 3. The summed E-state index contributed by atoms with van der Waals surface area (Å²) in [7, 11) is 0. The Morgan fingerprint density at radius 1 is 1.54 bits per heavy atom. The van der Waals surface area contributed by atoms with E-state index in [0.29, 0.717) is 0 Å². The molecule has 0 radical (unpaired) electrons. The molecule has 0 saturated carbocycles. The number of nitrogens with two attached hydrogens (primary N) is 1. The molecule has 0 bridgehead atoms. The summed E-state index contributed by atoms with van der Waals surface area (Å²) < 4.78 is 0. The average Bonchev–Trinajstić information content (AvgIpc) is 2.54. The third kappa shape index (κ3) is 4.07. The van der Waals surface area contributed by atoms with E-state index in [1.165, 1.54) is 32.5 Å². The van der Waals surface area contributed by atoms with Crippen LogP contribution in [0.2, 0.25) is 0 Å². The van der Waals surface area contributed by atoms with Gasteiger partial charge < -0.3 is 16.0 Å². The van der Waals surface area contributed by atoms with E-state index >= 15 is 0 Å². The van der Waals surface area contributed by atoms with Gasteiger partial charge >= 0.3 is 0 Å². The molecule has 1 heterocycles. The van der Waals surface area contributed by atoms with Crippen molar-refractivity contribution in [3.05, 3.63) is 0 Å². The Morgan fingerprint density at radius 3 is 3.08 bits per heavy atom. The van der Waals surface area contributed by atoms with Crippen LogP contribution in [0.3, 0.4) is 0 Å². The predicted octanol–water partition coefficient (Wildman–Crippen LogP) is 0.267. The minimum atomic E-state index is 0.805. The van der Waals surface area contributed by atoms with Crippen LogP contribution in [-0.2, 0) is 0 Å². The molecule has 1 saturated heterocycles. The summed E-state index contributed by atoms with van der Waals surface area (Å²) in [4.78, 5) is 2.48. The smallest absolute Gasteiger partial charge is 0.0105 e. The molecule has 1 fully saturated rings. The van der Waals surface area contributed by atoms with Crippen molar-refractivity contribution in [2.45, 2.75) is 19.8 Å². The van der Waals surface area contributed by atoms with Crippen molar-refractivity contribution >= 4 is 0 Å². The summed E-state index contributed by atoms with van der Waals surface area (Å²) in [6.45, 7) is 8.85. The van der Waals surface area contributed by atoms with E-state index in [4.69, 9.17) is 5.73 Å². The number of nitrogens with one attached hydrogen (secondary N) is 1. The third-order valence-electron chi connectivity index (χ3n) is 2.79. The standard InChI is InChI=1S/C10H23N3/c1-2-12-6-3-10-4-7-13(9-10)8-5-11/h10,12H,2-9,11H2,1H3. The van der Waals surface area contributed by atoms with E-state index < -0.39 is 0 Å². The maximum Gasteiger partial charge on any atom is 0.0105 e. The van der Waals surface area contributed by atoms with Crippen LogP contribution < -0.4 is 11.1 Å². The molecule has 1 unspecified atom stereocenters. The van der Waals surface area contributed by atoms with Crippen LogP contribution in [0.1, 0.15) is 19.8 Å². The maximum atomic E-state index is 5.52. The molecule has 3 N–H and O–H groups in total. The fourth-order valence-corrected chi connectivity index (χ4v) is 2.02. The van der Waals surface area contributed by atoms with Crippen molar-refractivity contribution in [3.63, 3.8) is 0 Å². The summed E-state index contributed by atoms with van der Waals surface area (Å²) in [5.41, 5.74) is 5.52. The third-order valence-corrected chi connectivity index (χ3v) is 2.79. The minimum Gasteiger partial charge on any atom is -0.329 e. The lowest BCUT2D eigenvalue weighted by molar-refractivity contribution is 0.328. The lowest BCUT2D eigenvalue weighted by Crippen LogP contribution is -2.27. The Balaban J connectivity index is 2.03. The second-order valence-electron chi connectivity index (χ2n) is 3.89. The van der Waals surface area contributed by atoms with E-state index in [2.05, 4.69) is 17.1 Å². The second-order valence-corrected chi connectivity index (χ2v) is 3.89. The van der Waals surface area contributed by atoms with Gasteiger partial charge in [-0.1, -0.05) is 6.92 Å². The first kappa shape index (κ1) is 11.0. The van der Waals surface area contributed by atoms with Gasteiger partial charge in [-0.3, -0.25) is 0 Å². The van der Waals surface area contributed by atoms with Gasteiger partial charge in [-0.05, 0) is 38.4 Å². The molecule has 1 rings (SSSR count). The van der Waals surface area contributed by atoms with Crippen LogP contribution in [0.5, 0.6) is 0 Å². The first-order chi connectivity index (χ1) is 6.36. The van der Waals surface area contributed by atoms with Crippen molar-refractivity contribution in [2.24, 2.45) is 11.7 Å². The van der Waals surface area contributed by atoms with Gasteiger partial charge in [-0.2, -0.15) is 0 Å². The van der Waals surface area contributed by atoms with E-state index in [9.17, 15) is 0 Å². The summed E-state index contributed by atoms with van der Waals surface area (Å²) >= 11 is 0. The summed E-state index contributed by atoms with van der Waals surface area (Å²) in [5.74, 6) is 0.908. The van der Waals surface area contributed by atoms with Crippen LogP contribution in [0.15, 0.2) is 0 Å². The van der Waals surface area contributed by atoms with Crippen molar-refractivity contribution in [1.29, 1.82) is 0 Å². The lowest BCUT2D eigenvalue weighted by atomic mass is 10.1. The molecule has 1 aliphatic rings. The molecule has 78 valence electrons. The molecule has 3 heteroatoms. The fourth-order valence-electron chi connectivity index (χ4n) is 2.02. The van der Waals surface area contributed by atoms with E-state index in [1.54, 1.807) is 0 Å². The molecular formula is C10H23N3. The van der Waals surface area contributed by atoms with Gasteiger partial charge in [0.2, 0.25) is 0 Å². The topological polar surface area (TPSA) is 41.3 Å². The lowest BCUT2D eigenvalue weighted by Gasteiger charge is -2.14. The first-order valence-electron chi connectivity index (χ1n) is 5.50. The van der Waals surface area contributed by atoms with Crippen molar-refractivity contribution in [1.82, 2.24) is 10.2 Å². The average molecular weight is 185 g/mol. The molecular weight excluding hydrogens is 162 g/mol. The maximum absolute atomic E-state index is 5.52. The Bertz CT molecular complexity index is 127. The van der Waals surface area contributed by atoms with Gasteiger partial charge in [0.05, 0.1) is 0 Å². The predicted molar refractivity (Wildman–Crippen MR) is 56.8 cm³/mol. The highest BCUT2D eigenvalue weighted by atomic mass is 15.1. The number of likely N-dealkylation sites (tertiary alicyclic amines) is 1. The normalized spacial score (nSPS) is 24.0. The van der Waals surface area contributed by atoms with Crippen molar-refractivity contribution < 1.29 is 0 Å². The molecule has 0 aromatic heterocycles. The Hall–Kier alpha value is -0.120. The molecule has 1 atom stereocenters. The minimum absolute atomic E-state index is 0.805. The fraction of sp³-hybridized carbons (Fsp3) is 1.00. The Morgan fingerprint density at radius 2 is 2.38 bits per heavy atom. The van der Waals surface area contributed by atoms with Gasteiger partial charge in [0, 0.05) is 19.6 Å². The van der Waals surface area contributed by atoms with Crippen LogP contribution in [0, 0.1) is 5.92 Å². The van der Waals surface area contributed by atoms with Gasteiger partial charge in [0.15, 0.2) is 0 Å². The van der Waals surface area contributed by atoms with Crippen molar-refractivity contribution in [2.75, 3.05) is 39.3 Å². The molecule has 0 spiro atoms. The summed E-state index contributed by atoms with van der Waals surface area (Å²) in [6.07, 6.45) is 2.69. The first-order valence-corrected chi connectivity index (χ1v) is 5.50. The summed E-state index contributed by atoms with van der Waals surface area (Å²) in [5, 5.41) is 3.38. The zero-order valence-electron chi connectivity index (χ0n) is 8.76. The van der Waals surface area contributed by atoms with Crippen LogP contribution in [0.4, 0.5) is 0 Å². The van der Waals surface area contributed by atoms with Gasteiger partial charge in [0.25, 0.3) is 0 Å². The van der Waals surface area contributed by atoms with Crippen LogP contribution in [-0.4, -0.2) is 44.2 Å². The summed E-state index contributed by atoms with van der Waals surface area (Å²) in [6, 6.07) is 0. The Kier molecular flexibility index (Phi) is 5.35. The Labute approximate surface area is 81.7 Å². The van der Waals surface area contributed by atoms with Gasteiger partial charge in [-0.15, -0.1) is 0 Å². The molecule has 0 aromatic carbocycles. The van der Waals surface area contributed by atoms with Crippen molar-refractivity contribution in [3.8, 4) is 0 Å². The molecule has 0 aromatic rings. The molecule has 1 aliphatic heterocycles. The molecule has 3 nitrogen and oxygen atoms in total. The van der Waals surface area contributed by atoms with Gasteiger partial charge in [0.1, 0.15) is 0 Å². The highest BCUT2D eigenvalue weighted by Crippen LogP contribution is 2.18. The van der Waals surface area contributed by atoms with Gasteiger partial charge in [-0.25, -0.2) is 0 Å². The van der Waals surface area contributed by atoms with E-state index in [0.717, 1.165) is 25.6 Å². The number of nitrogens with zero attached hydrogens (tertiary/aromatic N) is 1. The molecule has 0 amide bonds. The van der Waals surface area contributed by atoms with E-state index in [1.807, 2.05) is 0 Å². The van der Waals surface area contributed by atoms with Crippen LogP contribution >= 0.6 is 0 Å². The largest absolute Gasteiger partial charge is 0.329 e. The monoisotopic (exact) mass is 185 g/mol. The van der Waals surface area contributed by atoms with Crippen LogP contribution in [0.25, 0.3) is 0 Å².